The fraction of sp³-hybridized carbons (Fsp3) is 0.667. The van der Waals surface area contributed by atoms with Crippen LogP contribution >= 0.6 is 0 Å². The van der Waals surface area contributed by atoms with Gasteiger partial charge in [0.1, 0.15) is 24.4 Å². The summed E-state index contributed by atoms with van der Waals surface area (Å²) in [6.07, 6.45) is 0.0778. The van der Waals surface area contributed by atoms with E-state index in [2.05, 4.69) is 10.1 Å². The van der Waals surface area contributed by atoms with Gasteiger partial charge in [0.05, 0.1) is 20.8 Å². The minimum Gasteiger partial charge on any atom is -0.467 e. The van der Waals surface area contributed by atoms with Gasteiger partial charge in [0.2, 0.25) is 0 Å². The van der Waals surface area contributed by atoms with Crippen LogP contribution in [0, 0.1) is 0 Å². The molecule has 0 aromatic carbocycles. The molecular weight excluding hydrogens is 370 g/mol. The van der Waals surface area contributed by atoms with Gasteiger partial charge < -0.3 is 24.4 Å². The maximum absolute atomic E-state index is 13.0. The second kappa shape index (κ2) is 9.43. The highest BCUT2D eigenvalue weighted by molar-refractivity contribution is 5.92. The standard InChI is InChI=1S/C18H29N3O7/c1-11(2)8-12(19-16(24)27-7)14(22)21-10-20(9-13(21)15(23)26-6)17(25)28-18(3,4)5/h8,12-13H,9-10H2,1-7H3,(H,19,24)/t12-,13-/m0/s1. The van der Waals surface area contributed by atoms with Crippen molar-refractivity contribution in [2.45, 2.75) is 52.3 Å². The van der Waals surface area contributed by atoms with Crippen molar-refractivity contribution in [2.24, 2.45) is 0 Å². The first-order valence-electron chi connectivity index (χ1n) is 8.75. The zero-order valence-electron chi connectivity index (χ0n) is 17.4. The summed E-state index contributed by atoms with van der Waals surface area (Å²) in [5, 5.41) is 2.42. The third-order valence-electron chi connectivity index (χ3n) is 3.73. The van der Waals surface area contributed by atoms with Crippen molar-refractivity contribution in [3.63, 3.8) is 0 Å². The van der Waals surface area contributed by atoms with Gasteiger partial charge in [-0.05, 0) is 34.6 Å². The van der Waals surface area contributed by atoms with Gasteiger partial charge in [-0.25, -0.2) is 14.4 Å². The summed E-state index contributed by atoms with van der Waals surface area (Å²) in [6, 6.07) is -2.08. The van der Waals surface area contributed by atoms with Crippen molar-refractivity contribution in [3.8, 4) is 0 Å². The summed E-state index contributed by atoms with van der Waals surface area (Å²) in [4.78, 5) is 51.6. The Labute approximate surface area is 164 Å². The molecule has 1 aliphatic heterocycles. The summed E-state index contributed by atoms with van der Waals surface area (Å²) in [5.41, 5.74) is 0.0410. The molecule has 1 saturated heterocycles. The van der Waals surface area contributed by atoms with Crippen LogP contribution in [-0.2, 0) is 23.8 Å². The Morgan fingerprint density at radius 1 is 1.11 bits per heavy atom. The predicted octanol–water partition coefficient (Wildman–Crippen LogP) is 1.26. The first kappa shape index (κ1) is 23.3. The molecule has 1 aliphatic rings. The number of carbonyl (C=O) groups is 4. The third-order valence-corrected chi connectivity index (χ3v) is 3.73. The number of alkyl carbamates (subject to hydrolysis) is 1. The first-order chi connectivity index (χ1) is 12.9. The smallest absolute Gasteiger partial charge is 0.411 e. The van der Waals surface area contributed by atoms with Crippen molar-refractivity contribution < 1.29 is 33.4 Å². The van der Waals surface area contributed by atoms with Crippen LogP contribution in [0.25, 0.3) is 0 Å². The fourth-order valence-corrected chi connectivity index (χ4v) is 2.54. The summed E-state index contributed by atoms with van der Waals surface area (Å²) in [5.74, 6) is -1.25. The largest absolute Gasteiger partial charge is 0.467 e. The topological polar surface area (TPSA) is 114 Å². The number of amides is 3. The molecule has 1 heterocycles. The molecular formula is C18H29N3O7. The number of hydrogen-bond donors (Lipinski definition) is 1. The summed E-state index contributed by atoms with van der Waals surface area (Å²) >= 11 is 0. The number of hydrogen-bond acceptors (Lipinski definition) is 7. The van der Waals surface area contributed by atoms with Gasteiger partial charge in [0.15, 0.2) is 0 Å². The maximum atomic E-state index is 13.0. The molecule has 3 amide bonds. The maximum Gasteiger partial charge on any atom is 0.411 e. The lowest BCUT2D eigenvalue weighted by Crippen LogP contribution is -2.52. The minimum atomic E-state index is -1.07. The number of methoxy groups -OCH3 is 2. The average molecular weight is 399 g/mol. The molecule has 0 spiro atoms. The van der Waals surface area contributed by atoms with Crippen LogP contribution in [0.15, 0.2) is 11.6 Å². The van der Waals surface area contributed by atoms with E-state index in [1.165, 1.54) is 30.1 Å². The average Bonchev–Trinajstić information content (AvgIpc) is 3.03. The lowest BCUT2D eigenvalue weighted by Gasteiger charge is -2.26. The van der Waals surface area contributed by atoms with Crippen LogP contribution in [0.2, 0.25) is 0 Å². The summed E-state index contributed by atoms with van der Waals surface area (Å²) in [6.45, 7) is 8.41. The van der Waals surface area contributed by atoms with Gasteiger partial charge in [-0.2, -0.15) is 0 Å². The second-order valence-electron chi connectivity index (χ2n) is 7.55. The number of nitrogens with zero attached hydrogens (tertiary/aromatic N) is 2. The van der Waals surface area contributed by atoms with Gasteiger partial charge in [-0.3, -0.25) is 9.69 Å². The van der Waals surface area contributed by atoms with Gasteiger partial charge in [-0.15, -0.1) is 0 Å². The Bertz CT molecular complexity index is 650. The molecule has 0 radical (unpaired) electrons. The molecule has 0 aliphatic carbocycles. The first-order valence-corrected chi connectivity index (χ1v) is 8.75. The molecule has 1 N–H and O–H groups in total. The predicted molar refractivity (Wildman–Crippen MR) is 99.2 cm³/mol. The highest BCUT2D eigenvalue weighted by Gasteiger charge is 2.44. The quantitative estimate of drug-likeness (QED) is 0.430. The number of allylic oxidation sites excluding steroid dienone is 1. The highest BCUT2D eigenvalue weighted by Crippen LogP contribution is 2.20. The zero-order chi connectivity index (χ0) is 21.6. The number of ether oxygens (including phenoxy) is 3. The van der Waals surface area contributed by atoms with Gasteiger partial charge in [-0.1, -0.05) is 11.6 Å². The van der Waals surface area contributed by atoms with Crippen LogP contribution in [0.3, 0.4) is 0 Å². The van der Waals surface area contributed by atoms with E-state index < -0.39 is 41.7 Å². The minimum absolute atomic E-state index is 0.0763. The lowest BCUT2D eigenvalue weighted by molar-refractivity contribution is -0.150. The molecule has 10 nitrogen and oxygen atoms in total. The Morgan fingerprint density at radius 3 is 2.18 bits per heavy atom. The molecule has 0 aromatic rings. The van der Waals surface area contributed by atoms with E-state index >= 15 is 0 Å². The molecule has 0 saturated carbocycles. The molecule has 28 heavy (non-hydrogen) atoms. The Morgan fingerprint density at radius 2 is 1.71 bits per heavy atom. The van der Waals surface area contributed by atoms with E-state index in [1.54, 1.807) is 34.6 Å². The van der Waals surface area contributed by atoms with E-state index in [-0.39, 0.29) is 13.2 Å². The van der Waals surface area contributed by atoms with E-state index in [1.807, 2.05) is 0 Å². The number of esters is 1. The van der Waals surface area contributed by atoms with Crippen LogP contribution in [-0.4, -0.2) is 79.0 Å². The molecule has 158 valence electrons. The van der Waals surface area contributed by atoms with E-state index in [0.717, 1.165) is 5.57 Å². The molecule has 10 heteroatoms. The van der Waals surface area contributed by atoms with Crippen molar-refractivity contribution in [1.82, 2.24) is 15.1 Å². The van der Waals surface area contributed by atoms with Crippen molar-refractivity contribution >= 4 is 24.1 Å². The van der Waals surface area contributed by atoms with Crippen LogP contribution < -0.4 is 5.32 Å². The normalized spacial score (nSPS) is 17.5. The molecule has 1 rings (SSSR count). The van der Waals surface area contributed by atoms with Crippen molar-refractivity contribution in [2.75, 3.05) is 27.4 Å². The van der Waals surface area contributed by atoms with Gasteiger partial charge in [0.25, 0.3) is 5.91 Å². The molecule has 0 unspecified atom stereocenters. The summed E-state index contributed by atoms with van der Waals surface area (Å²) < 4.78 is 14.6. The van der Waals surface area contributed by atoms with E-state index in [4.69, 9.17) is 9.47 Å². The number of nitrogens with one attached hydrogen (secondary N) is 1. The van der Waals surface area contributed by atoms with Crippen LogP contribution in [0.5, 0.6) is 0 Å². The molecule has 0 aromatic heterocycles. The fourth-order valence-electron chi connectivity index (χ4n) is 2.54. The van der Waals surface area contributed by atoms with Crippen LogP contribution in [0.1, 0.15) is 34.6 Å². The highest BCUT2D eigenvalue weighted by atomic mass is 16.6. The van der Waals surface area contributed by atoms with E-state index in [9.17, 15) is 19.2 Å². The third kappa shape index (κ3) is 6.43. The number of rotatable bonds is 4. The molecule has 1 fully saturated rings. The van der Waals surface area contributed by atoms with Crippen LogP contribution in [0.4, 0.5) is 9.59 Å². The Hall–Kier alpha value is -2.78. The Kier molecular flexibility index (Phi) is 7.83. The van der Waals surface area contributed by atoms with Crippen molar-refractivity contribution in [1.29, 1.82) is 0 Å². The second-order valence-corrected chi connectivity index (χ2v) is 7.55. The Balaban J connectivity index is 3.11. The molecule has 0 bridgehead atoms. The number of carbonyl (C=O) groups excluding carboxylic acids is 4. The SMILES string of the molecule is COC(=O)N[C@@H](C=C(C)C)C(=O)N1CN(C(=O)OC(C)(C)C)C[C@H]1C(=O)OC. The monoisotopic (exact) mass is 399 g/mol. The lowest BCUT2D eigenvalue weighted by atomic mass is 10.1. The van der Waals surface area contributed by atoms with Crippen molar-refractivity contribution in [3.05, 3.63) is 11.6 Å². The molecule has 2 atom stereocenters. The van der Waals surface area contributed by atoms with E-state index in [0.29, 0.717) is 0 Å². The van der Waals surface area contributed by atoms with Gasteiger partial charge >= 0.3 is 18.2 Å². The summed E-state index contributed by atoms with van der Waals surface area (Å²) in [7, 11) is 2.37. The van der Waals surface area contributed by atoms with Gasteiger partial charge in [0, 0.05) is 0 Å². The zero-order valence-corrected chi connectivity index (χ0v) is 17.4.